The molecular weight excluding hydrogens is 258 g/mol. The molecule has 4 nitrogen and oxygen atoms in total. The number of nitrogens with one attached hydrogen (secondary N) is 1. The molecule has 3 heterocycles. The van der Waals surface area contributed by atoms with Crippen LogP contribution in [-0.2, 0) is 17.8 Å². The van der Waals surface area contributed by atoms with E-state index in [4.69, 9.17) is 0 Å². The van der Waals surface area contributed by atoms with E-state index in [1.807, 2.05) is 36.8 Å². The predicted octanol–water partition coefficient (Wildman–Crippen LogP) is 2.18. The third kappa shape index (κ3) is 2.56. The van der Waals surface area contributed by atoms with Crippen LogP contribution in [0.2, 0.25) is 0 Å². The smallest absolute Gasteiger partial charge is 0.228 e. The van der Waals surface area contributed by atoms with Crippen LogP contribution in [0.4, 0.5) is 0 Å². The van der Waals surface area contributed by atoms with E-state index in [0.717, 1.165) is 30.1 Å². The van der Waals surface area contributed by atoms with Crippen molar-refractivity contribution in [3.63, 3.8) is 0 Å². The summed E-state index contributed by atoms with van der Waals surface area (Å²) in [5.41, 5.74) is 0. The number of nitrogens with zero attached hydrogens (tertiary/aromatic N) is 2. The van der Waals surface area contributed by atoms with Gasteiger partial charge in [0.1, 0.15) is 5.82 Å². The second kappa shape index (κ2) is 5.17. The van der Waals surface area contributed by atoms with Gasteiger partial charge in [-0.15, -0.1) is 11.3 Å². The Morgan fingerprint density at radius 2 is 2.53 bits per heavy atom. The van der Waals surface area contributed by atoms with Crippen molar-refractivity contribution in [3.05, 3.63) is 40.6 Å². The lowest BCUT2D eigenvalue weighted by Crippen LogP contribution is -2.42. The number of imidazole rings is 1. The zero-order valence-electron chi connectivity index (χ0n) is 10.9. The van der Waals surface area contributed by atoms with Gasteiger partial charge in [0.25, 0.3) is 0 Å². The molecule has 1 aliphatic rings. The van der Waals surface area contributed by atoms with Crippen molar-refractivity contribution in [3.8, 4) is 0 Å². The molecule has 2 aromatic heterocycles. The molecule has 0 bridgehead atoms. The minimum absolute atomic E-state index is 0.0656. The lowest BCUT2D eigenvalue weighted by molar-refractivity contribution is -0.123. The van der Waals surface area contributed by atoms with Crippen LogP contribution in [-0.4, -0.2) is 21.5 Å². The second-order valence-electron chi connectivity index (χ2n) is 4.98. The highest BCUT2D eigenvalue weighted by atomic mass is 32.1. The molecule has 0 saturated heterocycles. The molecule has 0 radical (unpaired) electrons. The van der Waals surface area contributed by atoms with Gasteiger partial charge in [0.15, 0.2) is 0 Å². The Kier molecular flexibility index (Phi) is 3.38. The molecule has 0 aliphatic carbocycles. The highest BCUT2D eigenvalue weighted by molar-refractivity contribution is 7.10. The summed E-state index contributed by atoms with van der Waals surface area (Å²) in [6.07, 6.45) is 5.72. The van der Waals surface area contributed by atoms with Gasteiger partial charge in [-0.2, -0.15) is 0 Å². The third-order valence-corrected chi connectivity index (χ3v) is 4.70. The maximum absolute atomic E-state index is 12.2. The quantitative estimate of drug-likeness (QED) is 0.933. The van der Waals surface area contributed by atoms with Crippen LogP contribution in [0, 0.1) is 0 Å². The van der Waals surface area contributed by atoms with E-state index in [9.17, 15) is 4.79 Å². The van der Waals surface area contributed by atoms with E-state index in [0.29, 0.717) is 0 Å². The van der Waals surface area contributed by atoms with Crippen molar-refractivity contribution in [1.82, 2.24) is 14.9 Å². The fraction of sp³-hybridized carbons (Fsp3) is 0.429. The van der Waals surface area contributed by atoms with Gasteiger partial charge >= 0.3 is 0 Å². The minimum atomic E-state index is -0.0656. The maximum Gasteiger partial charge on any atom is 0.228 e. The molecule has 5 heteroatoms. The molecule has 3 rings (SSSR count). The van der Waals surface area contributed by atoms with Gasteiger partial charge in [-0.05, 0) is 24.8 Å². The first kappa shape index (κ1) is 12.4. The first-order valence-electron chi connectivity index (χ1n) is 6.58. The van der Waals surface area contributed by atoms with Crippen LogP contribution in [0.15, 0.2) is 29.9 Å². The molecule has 1 aliphatic heterocycles. The number of thiophene rings is 1. The number of amides is 1. The summed E-state index contributed by atoms with van der Waals surface area (Å²) in [6.45, 7) is 2.80. The van der Waals surface area contributed by atoms with Crippen molar-refractivity contribution in [2.45, 2.75) is 38.3 Å². The number of aromatic nitrogens is 2. The average Bonchev–Trinajstić information content (AvgIpc) is 3.08. The normalized spacial score (nSPS) is 19.7. The number of fused-ring (bicyclic) bond motifs is 1. The molecule has 1 N–H and O–H groups in total. The molecule has 0 saturated carbocycles. The monoisotopic (exact) mass is 275 g/mol. The van der Waals surface area contributed by atoms with Crippen LogP contribution in [0.3, 0.4) is 0 Å². The van der Waals surface area contributed by atoms with Crippen molar-refractivity contribution in [1.29, 1.82) is 0 Å². The maximum atomic E-state index is 12.2. The van der Waals surface area contributed by atoms with E-state index in [1.165, 1.54) is 0 Å². The lowest BCUT2D eigenvalue weighted by Gasteiger charge is -2.25. The van der Waals surface area contributed by atoms with Gasteiger partial charge in [-0.1, -0.05) is 6.07 Å². The molecule has 0 spiro atoms. The first-order valence-corrected chi connectivity index (χ1v) is 7.46. The molecule has 19 heavy (non-hydrogen) atoms. The molecule has 1 amide bonds. The Morgan fingerprint density at radius 1 is 1.63 bits per heavy atom. The summed E-state index contributed by atoms with van der Waals surface area (Å²) >= 11 is 1.64. The fourth-order valence-corrected chi connectivity index (χ4v) is 3.26. The molecular formula is C14H17N3OS. The van der Waals surface area contributed by atoms with Gasteiger partial charge in [0, 0.05) is 36.3 Å². The minimum Gasteiger partial charge on any atom is -0.351 e. The molecule has 0 aromatic carbocycles. The topological polar surface area (TPSA) is 46.9 Å². The Morgan fingerprint density at radius 3 is 3.32 bits per heavy atom. The molecule has 0 unspecified atom stereocenters. The summed E-state index contributed by atoms with van der Waals surface area (Å²) in [6, 6.07) is 4.22. The van der Waals surface area contributed by atoms with Crippen molar-refractivity contribution in [2.75, 3.05) is 0 Å². The number of rotatable bonds is 3. The first-order chi connectivity index (χ1) is 9.24. The zero-order valence-corrected chi connectivity index (χ0v) is 11.7. The van der Waals surface area contributed by atoms with Gasteiger partial charge in [-0.25, -0.2) is 4.98 Å². The van der Waals surface area contributed by atoms with E-state index in [1.54, 1.807) is 11.3 Å². The van der Waals surface area contributed by atoms with Gasteiger partial charge in [-0.3, -0.25) is 4.79 Å². The van der Waals surface area contributed by atoms with Crippen LogP contribution < -0.4 is 5.32 Å². The Balaban J connectivity index is 1.62. The Hall–Kier alpha value is -1.62. The van der Waals surface area contributed by atoms with Crippen LogP contribution in [0.5, 0.6) is 0 Å². The van der Waals surface area contributed by atoms with E-state index >= 15 is 0 Å². The largest absolute Gasteiger partial charge is 0.351 e. The number of aryl methyl sites for hydroxylation is 1. The molecule has 100 valence electrons. The SMILES string of the molecule is C[C@H](C(=O)N[C@H]1CCc2nccn2C1)c1cccs1. The zero-order chi connectivity index (χ0) is 13.2. The van der Waals surface area contributed by atoms with Gasteiger partial charge in [0.2, 0.25) is 5.91 Å². The molecule has 2 aromatic rings. The van der Waals surface area contributed by atoms with Gasteiger partial charge in [0.05, 0.1) is 5.92 Å². The fourth-order valence-electron chi connectivity index (χ4n) is 2.48. The summed E-state index contributed by atoms with van der Waals surface area (Å²) in [7, 11) is 0. The Bertz CT molecular complexity index is 561. The van der Waals surface area contributed by atoms with Crippen molar-refractivity contribution < 1.29 is 4.79 Å². The van der Waals surface area contributed by atoms with E-state index in [2.05, 4.69) is 14.9 Å². The average molecular weight is 275 g/mol. The lowest BCUT2D eigenvalue weighted by atomic mass is 10.0. The number of carbonyl (C=O) groups excluding carboxylic acids is 1. The molecule has 2 atom stereocenters. The summed E-state index contributed by atoms with van der Waals surface area (Å²) in [5.74, 6) is 1.18. The van der Waals surface area contributed by atoms with Crippen molar-refractivity contribution >= 4 is 17.2 Å². The van der Waals surface area contributed by atoms with Crippen molar-refractivity contribution in [2.24, 2.45) is 0 Å². The number of hydrogen-bond donors (Lipinski definition) is 1. The van der Waals surface area contributed by atoms with E-state index in [-0.39, 0.29) is 17.9 Å². The number of hydrogen-bond acceptors (Lipinski definition) is 3. The van der Waals surface area contributed by atoms with Gasteiger partial charge < -0.3 is 9.88 Å². The van der Waals surface area contributed by atoms with Crippen LogP contribution >= 0.6 is 11.3 Å². The molecule has 0 fully saturated rings. The third-order valence-electron chi connectivity index (χ3n) is 3.64. The highest BCUT2D eigenvalue weighted by Gasteiger charge is 2.23. The van der Waals surface area contributed by atoms with E-state index < -0.39 is 0 Å². The summed E-state index contributed by atoms with van der Waals surface area (Å²) in [5, 5.41) is 5.17. The predicted molar refractivity (Wildman–Crippen MR) is 75.2 cm³/mol. The summed E-state index contributed by atoms with van der Waals surface area (Å²) < 4.78 is 2.13. The Labute approximate surface area is 116 Å². The highest BCUT2D eigenvalue weighted by Crippen LogP contribution is 2.21. The standard InChI is InChI=1S/C14H17N3OS/c1-10(12-3-2-8-19-12)14(18)16-11-4-5-13-15-6-7-17(13)9-11/h2-3,6-8,10-11H,4-5,9H2,1H3,(H,16,18)/t10-,11-/m0/s1. The second-order valence-corrected chi connectivity index (χ2v) is 5.96. The number of carbonyl (C=O) groups is 1. The summed E-state index contributed by atoms with van der Waals surface area (Å²) in [4.78, 5) is 17.7. The van der Waals surface area contributed by atoms with Crippen LogP contribution in [0.25, 0.3) is 0 Å². The van der Waals surface area contributed by atoms with Crippen LogP contribution in [0.1, 0.15) is 30.0 Å².